The van der Waals surface area contributed by atoms with Crippen molar-refractivity contribution < 1.29 is 29.0 Å². The van der Waals surface area contributed by atoms with Gasteiger partial charge in [0.25, 0.3) is 0 Å². The highest BCUT2D eigenvalue weighted by molar-refractivity contribution is 5.97. The van der Waals surface area contributed by atoms with Gasteiger partial charge in [-0.3, -0.25) is 0 Å². The van der Waals surface area contributed by atoms with E-state index in [0.29, 0.717) is 28.2 Å². The molecule has 0 amide bonds. The summed E-state index contributed by atoms with van der Waals surface area (Å²) in [6.07, 6.45) is 0. The van der Waals surface area contributed by atoms with Crippen LogP contribution in [0.15, 0.2) is 164 Å². The topological polar surface area (TPSA) is 89.9 Å². The van der Waals surface area contributed by atoms with Crippen LogP contribution in [0.1, 0.15) is 31.1 Å². The second-order valence-electron chi connectivity index (χ2n) is 9.78. The van der Waals surface area contributed by atoms with Crippen LogP contribution in [0.3, 0.4) is 0 Å². The van der Waals surface area contributed by atoms with Gasteiger partial charge in [0.2, 0.25) is 0 Å². The number of rotatable bonds is 7. The average molecular weight is 593 g/mol. The number of carbonyl (C=O) groups excluding carboxylic acids is 2. The van der Waals surface area contributed by atoms with Crippen LogP contribution >= 0.6 is 0 Å². The van der Waals surface area contributed by atoms with Crippen molar-refractivity contribution in [2.24, 2.45) is 0 Å². The minimum atomic E-state index is -1.03. The normalized spacial score (nSPS) is 10.1. The monoisotopic (exact) mass is 592 g/mol. The van der Waals surface area contributed by atoms with Crippen molar-refractivity contribution in [3.8, 4) is 33.8 Å². The van der Waals surface area contributed by atoms with E-state index in [2.05, 4.69) is 0 Å². The fourth-order valence-corrected chi connectivity index (χ4v) is 4.46. The molecular formula is C39H28O6. The van der Waals surface area contributed by atoms with Crippen LogP contribution in [0.2, 0.25) is 0 Å². The summed E-state index contributed by atoms with van der Waals surface area (Å²) in [6.45, 7) is 0. The number of carboxylic acid groups (broad SMARTS) is 1. The van der Waals surface area contributed by atoms with E-state index < -0.39 is 11.9 Å². The summed E-state index contributed by atoms with van der Waals surface area (Å²) in [5.41, 5.74) is 4.61. The maximum Gasteiger partial charge on any atom is 0.343 e. The average Bonchev–Trinajstić information content (AvgIpc) is 3.10. The van der Waals surface area contributed by atoms with Crippen molar-refractivity contribution >= 4 is 17.9 Å². The summed E-state index contributed by atoms with van der Waals surface area (Å²) in [7, 11) is 0. The molecule has 1 N–H and O–H groups in total. The molecule has 0 bridgehead atoms. The van der Waals surface area contributed by atoms with Crippen LogP contribution in [0, 0.1) is 0 Å². The number of ether oxygens (including phenoxy) is 2. The van der Waals surface area contributed by atoms with Gasteiger partial charge in [0.05, 0.1) is 16.7 Å². The number of carbonyl (C=O) groups is 3. The maximum absolute atomic E-state index is 12.1. The third-order valence-corrected chi connectivity index (χ3v) is 6.71. The van der Waals surface area contributed by atoms with E-state index in [0.717, 1.165) is 16.7 Å². The van der Waals surface area contributed by atoms with Crippen LogP contribution in [0.4, 0.5) is 0 Å². The molecule has 6 nitrogen and oxygen atoms in total. The Hall–Kier alpha value is -6.27. The number of benzene rings is 6. The molecule has 6 aromatic rings. The molecule has 0 aliphatic rings. The number of esters is 2. The van der Waals surface area contributed by atoms with E-state index in [1.165, 1.54) is 12.1 Å². The molecule has 0 saturated heterocycles. The fraction of sp³-hybridized carbons (Fsp3) is 0. The molecule has 0 fully saturated rings. The zero-order valence-corrected chi connectivity index (χ0v) is 24.1. The fourth-order valence-electron chi connectivity index (χ4n) is 4.46. The van der Waals surface area contributed by atoms with Crippen molar-refractivity contribution in [2.45, 2.75) is 0 Å². The van der Waals surface area contributed by atoms with E-state index >= 15 is 0 Å². The highest BCUT2D eigenvalue weighted by Crippen LogP contribution is 2.29. The molecule has 45 heavy (non-hydrogen) atoms. The van der Waals surface area contributed by atoms with Crippen molar-refractivity contribution in [2.75, 3.05) is 0 Å². The first-order chi connectivity index (χ1) is 22.0. The number of carboxylic acids is 1. The molecule has 6 heteroatoms. The lowest BCUT2D eigenvalue weighted by Gasteiger charge is -2.10. The summed E-state index contributed by atoms with van der Waals surface area (Å²) < 4.78 is 10.7. The molecule has 0 aromatic heterocycles. The summed E-state index contributed by atoms with van der Waals surface area (Å²) in [6, 6.07) is 48.8. The first kappa shape index (κ1) is 30.2. The molecule has 0 heterocycles. The molecule has 220 valence electrons. The molecule has 0 radical (unpaired) electrons. The molecule has 0 aliphatic carbocycles. The second kappa shape index (κ2) is 14.8. The summed E-state index contributed by atoms with van der Waals surface area (Å²) in [4.78, 5) is 35.5. The summed E-state index contributed by atoms with van der Waals surface area (Å²) >= 11 is 0. The highest BCUT2D eigenvalue weighted by atomic mass is 16.5. The van der Waals surface area contributed by atoms with Gasteiger partial charge in [-0.25, -0.2) is 14.4 Å². The molecule has 6 rings (SSSR count). The Kier molecular flexibility index (Phi) is 9.90. The largest absolute Gasteiger partial charge is 0.478 e. The summed E-state index contributed by atoms with van der Waals surface area (Å²) in [5.74, 6) is -1.02. The molecule has 0 spiro atoms. The third-order valence-electron chi connectivity index (χ3n) is 6.71. The maximum atomic E-state index is 12.1. The zero-order valence-electron chi connectivity index (χ0n) is 24.1. The predicted octanol–water partition coefficient (Wildman–Crippen LogP) is 8.84. The van der Waals surface area contributed by atoms with Gasteiger partial charge in [-0.15, -0.1) is 0 Å². The van der Waals surface area contributed by atoms with E-state index in [1.54, 1.807) is 42.5 Å². The van der Waals surface area contributed by atoms with Crippen LogP contribution in [0.25, 0.3) is 22.3 Å². The van der Waals surface area contributed by atoms with Gasteiger partial charge in [0.1, 0.15) is 11.5 Å². The Labute approximate surface area is 260 Å². The van der Waals surface area contributed by atoms with Gasteiger partial charge in [-0.05, 0) is 76.9 Å². The van der Waals surface area contributed by atoms with Crippen molar-refractivity contribution in [3.63, 3.8) is 0 Å². The van der Waals surface area contributed by atoms with Crippen LogP contribution < -0.4 is 9.47 Å². The molecule has 0 saturated carbocycles. The van der Waals surface area contributed by atoms with Gasteiger partial charge in [0.15, 0.2) is 0 Å². The lowest BCUT2D eigenvalue weighted by Crippen LogP contribution is -2.09. The highest BCUT2D eigenvalue weighted by Gasteiger charge is 2.15. The predicted molar refractivity (Wildman–Crippen MR) is 174 cm³/mol. The molecule has 0 unspecified atom stereocenters. The summed E-state index contributed by atoms with van der Waals surface area (Å²) in [5, 5.41) is 9.37. The van der Waals surface area contributed by atoms with Crippen molar-refractivity contribution in [1.29, 1.82) is 0 Å². The van der Waals surface area contributed by atoms with E-state index in [9.17, 15) is 19.5 Å². The van der Waals surface area contributed by atoms with Crippen molar-refractivity contribution in [1.82, 2.24) is 0 Å². The minimum Gasteiger partial charge on any atom is -0.478 e. The Morgan fingerprint density at radius 3 is 1.31 bits per heavy atom. The molecule has 0 aliphatic heterocycles. The number of hydrogen-bond donors (Lipinski definition) is 1. The molecular weight excluding hydrogens is 564 g/mol. The number of hydrogen-bond acceptors (Lipinski definition) is 5. The molecule has 0 atom stereocenters. The van der Waals surface area contributed by atoms with Crippen LogP contribution in [-0.4, -0.2) is 23.0 Å². The van der Waals surface area contributed by atoms with Crippen LogP contribution in [-0.2, 0) is 0 Å². The lowest BCUT2D eigenvalue weighted by atomic mass is 9.99. The van der Waals surface area contributed by atoms with Gasteiger partial charge in [0, 0.05) is 0 Å². The van der Waals surface area contributed by atoms with Gasteiger partial charge in [-0.2, -0.15) is 0 Å². The van der Waals surface area contributed by atoms with Gasteiger partial charge >= 0.3 is 17.9 Å². The zero-order chi connectivity index (χ0) is 31.4. The van der Waals surface area contributed by atoms with E-state index in [-0.39, 0.29) is 11.5 Å². The Balaban J connectivity index is 0.000000179. The Morgan fingerprint density at radius 2 is 0.822 bits per heavy atom. The Morgan fingerprint density at radius 1 is 0.422 bits per heavy atom. The SMILES string of the molecule is O=C(Oc1ccc(-c2ccccc2)cc1)c1ccccc1.O=C(Oc1ccc(C(=O)O)c(-c2ccccc2)c1)c1ccccc1. The second-order valence-corrected chi connectivity index (χ2v) is 9.78. The van der Waals surface area contributed by atoms with E-state index in [4.69, 9.17) is 9.47 Å². The quantitative estimate of drug-likeness (QED) is 0.147. The van der Waals surface area contributed by atoms with Crippen LogP contribution in [0.5, 0.6) is 11.5 Å². The number of aromatic carboxylic acids is 1. The van der Waals surface area contributed by atoms with Gasteiger partial charge < -0.3 is 14.6 Å². The smallest absolute Gasteiger partial charge is 0.343 e. The standard InChI is InChI=1S/C20H14O4.C19H14O2/c21-19(22)17-12-11-16(13-18(17)14-7-3-1-4-8-14)24-20(23)15-9-5-2-6-10-15;20-19(17-9-5-2-6-10-17)21-18-13-11-16(12-14-18)15-7-3-1-4-8-15/h1-13H,(H,21,22);1-14H. The first-order valence-corrected chi connectivity index (χ1v) is 14.1. The van der Waals surface area contributed by atoms with E-state index in [1.807, 2.05) is 109 Å². The minimum absolute atomic E-state index is 0.153. The Bertz CT molecular complexity index is 1870. The van der Waals surface area contributed by atoms with Crippen molar-refractivity contribution in [3.05, 3.63) is 180 Å². The first-order valence-electron chi connectivity index (χ1n) is 14.1. The third kappa shape index (κ3) is 8.18. The van der Waals surface area contributed by atoms with Gasteiger partial charge in [-0.1, -0.05) is 109 Å². The molecule has 6 aromatic carbocycles. The lowest BCUT2D eigenvalue weighted by molar-refractivity contribution is 0.0695.